The van der Waals surface area contributed by atoms with Gasteiger partial charge in [-0.3, -0.25) is 0 Å². The molecule has 1 N–H and O–H groups in total. The molecule has 1 aliphatic rings. The van der Waals surface area contributed by atoms with E-state index < -0.39 is 0 Å². The van der Waals surface area contributed by atoms with Crippen molar-refractivity contribution in [3.63, 3.8) is 0 Å². The maximum atomic E-state index is 3.75. The van der Waals surface area contributed by atoms with Crippen LogP contribution in [0.4, 0.5) is 5.69 Å². The van der Waals surface area contributed by atoms with Crippen molar-refractivity contribution in [2.45, 2.75) is 46.2 Å². The third-order valence-electron chi connectivity index (χ3n) is 3.89. The van der Waals surface area contributed by atoms with E-state index in [9.17, 15) is 0 Å². The number of piperazine rings is 1. The summed E-state index contributed by atoms with van der Waals surface area (Å²) in [6.45, 7) is 11.2. The van der Waals surface area contributed by atoms with Gasteiger partial charge in [-0.2, -0.15) is 0 Å². The number of anilines is 1. The molecule has 1 aliphatic heterocycles. The van der Waals surface area contributed by atoms with Crippen LogP contribution in [-0.2, 0) is 0 Å². The Morgan fingerprint density at radius 2 is 2.16 bits per heavy atom. The predicted molar refractivity (Wildman–Crippen MR) is 86.9 cm³/mol. The molecule has 1 saturated heterocycles. The first-order valence-corrected chi connectivity index (χ1v) is 8.03. The summed E-state index contributed by atoms with van der Waals surface area (Å²) >= 11 is 3.75. The molecule has 106 valence electrons. The van der Waals surface area contributed by atoms with Gasteiger partial charge < -0.3 is 10.2 Å². The van der Waals surface area contributed by atoms with E-state index in [2.05, 4.69) is 72.0 Å². The molecule has 2 rings (SSSR count). The quantitative estimate of drug-likeness (QED) is 0.905. The second kappa shape index (κ2) is 6.27. The van der Waals surface area contributed by atoms with Gasteiger partial charge in [-0.05, 0) is 53.7 Å². The summed E-state index contributed by atoms with van der Waals surface area (Å²) in [5.74, 6) is 0.744. The smallest absolute Gasteiger partial charge is 0.0516 e. The molecule has 2 nitrogen and oxygen atoms in total. The highest BCUT2D eigenvalue weighted by Crippen LogP contribution is 2.31. The number of halogens is 1. The molecule has 19 heavy (non-hydrogen) atoms. The van der Waals surface area contributed by atoms with Gasteiger partial charge in [0.25, 0.3) is 0 Å². The zero-order valence-electron chi connectivity index (χ0n) is 12.4. The molecule has 1 fully saturated rings. The van der Waals surface area contributed by atoms with Crippen LogP contribution in [0.5, 0.6) is 0 Å². The van der Waals surface area contributed by atoms with Crippen molar-refractivity contribution in [1.29, 1.82) is 0 Å². The fraction of sp³-hybridized carbons (Fsp3) is 0.625. The van der Waals surface area contributed by atoms with Crippen LogP contribution >= 0.6 is 15.9 Å². The monoisotopic (exact) mass is 324 g/mol. The van der Waals surface area contributed by atoms with Crippen molar-refractivity contribution < 1.29 is 0 Å². The zero-order chi connectivity index (χ0) is 14.0. The van der Waals surface area contributed by atoms with Crippen molar-refractivity contribution in [2.75, 3.05) is 18.0 Å². The predicted octanol–water partition coefficient (Wildman–Crippen LogP) is 3.97. The number of rotatable bonds is 3. The number of aryl methyl sites for hydroxylation is 1. The minimum absolute atomic E-state index is 0.543. The van der Waals surface area contributed by atoms with Crippen molar-refractivity contribution in [1.82, 2.24) is 5.32 Å². The van der Waals surface area contributed by atoms with E-state index in [0.29, 0.717) is 12.1 Å². The lowest BCUT2D eigenvalue weighted by molar-refractivity contribution is 0.355. The molecule has 3 heteroatoms. The van der Waals surface area contributed by atoms with Crippen LogP contribution < -0.4 is 10.2 Å². The lowest BCUT2D eigenvalue weighted by Gasteiger charge is -2.41. The fourth-order valence-electron chi connectivity index (χ4n) is 2.85. The van der Waals surface area contributed by atoms with E-state index >= 15 is 0 Å². The van der Waals surface area contributed by atoms with Crippen LogP contribution in [0.3, 0.4) is 0 Å². The summed E-state index contributed by atoms with van der Waals surface area (Å²) in [5.41, 5.74) is 2.64. The summed E-state index contributed by atoms with van der Waals surface area (Å²) in [6.07, 6.45) is 1.24. The SMILES string of the molecule is Cc1cccc(N2CC(CC(C)C)NCC2C)c1Br. The molecule has 1 heterocycles. The minimum atomic E-state index is 0.543. The molecule has 0 aromatic heterocycles. The van der Waals surface area contributed by atoms with Gasteiger partial charge in [-0.1, -0.05) is 26.0 Å². The number of nitrogens with one attached hydrogen (secondary N) is 1. The molecule has 0 amide bonds. The molecule has 0 aliphatic carbocycles. The van der Waals surface area contributed by atoms with Gasteiger partial charge in [0.2, 0.25) is 0 Å². The largest absolute Gasteiger partial charge is 0.365 e. The van der Waals surface area contributed by atoms with E-state index in [1.807, 2.05) is 0 Å². The third kappa shape index (κ3) is 3.51. The number of nitrogens with zero attached hydrogens (tertiary/aromatic N) is 1. The fourth-order valence-corrected chi connectivity index (χ4v) is 3.34. The highest BCUT2D eigenvalue weighted by molar-refractivity contribution is 9.10. The maximum Gasteiger partial charge on any atom is 0.0516 e. The van der Waals surface area contributed by atoms with E-state index in [1.165, 1.54) is 22.1 Å². The molecule has 0 spiro atoms. The molecule has 2 atom stereocenters. The summed E-state index contributed by atoms with van der Waals surface area (Å²) in [4.78, 5) is 2.54. The van der Waals surface area contributed by atoms with E-state index in [4.69, 9.17) is 0 Å². The molecule has 1 aromatic rings. The Bertz CT molecular complexity index is 431. The van der Waals surface area contributed by atoms with Crippen LogP contribution in [0.15, 0.2) is 22.7 Å². The second-order valence-electron chi connectivity index (χ2n) is 6.14. The molecule has 0 saturated carbocycles. The van der Waals surface area contributed by atoms with E-state index in [0.717, 1.165) is 19.0 Å². The van der Waals surface area contributed by atoms with Gasteiger partial charge in [-0.15, -0.1) is 0 Å². The zero-order valence-corrected chi connectivity index (χ0v) is 14.0. The second-order valence-corrected chi connectivity index (χ2v) is 6.94. The topological polar surface area (TPSA) is 15.3 Å². The van der Waals surface area contributed by atoms with Crippen molar-refractivity contribution in [3.8, 4) is 0 Å². The standard InChI is InChI=1S/C16H25BrN2/c1-11(2)8-14-10-19(13(4)9-18-14)15-7-5-6-12(3)16(15)17/h5-7,11,13-14,18H,8-10H2,1-4H3. The maximum absolute atomic E-state index is 3.75. The van der Waals surface area contributed by atoms with Gasteiger partial charge in [0.15, 0.2) is 0 Å². The Labute approximate surface area is 125 Å². The summed E-state index contributed by atoms with van der Waals surface area (Å²) < 4.78 is 1.24. The Morgan fingerprint density at radius 3 is 2.84 bits per heavy atom. The number of hydrogen-bond acceptors (Lipinski definition) is 2. The third-order valence-corrected chi connectivity index (χ3v) is 4.92. The summed E-state index contributed by atoms with van der Waals surface area (Å²) in [6, 6.07) is 7.68. The van der Waals surface area contributed by atoms with Crippen molar-refractivity contribution >= 4 is 21.6 Å². The van der Waals surface area contributed by atoms with Crippen LogP contribution in [-0.4, -0.2) is 25.2 Å². The molecular formula is C16H25BrN2. The highest BCUT2D eigenvalue weighted by Gasteiger charge is 2.26. The van der Waals surface area contributed by atoms with Crippen LogP contribution in [0, 0.1) is 12.8 Å². The van der Waals surface area contributed by atoms with Gasteiger partial charge >= 0.3 is 0 Å². The van der Waals surface area contributed by atoms with Gasteiger partial charge in [-0.25, -0.2) is 0 Å². The van der Waals surface area contributed by atoms with Gasteiger partial charge in [0.05, 0.1) is 5.69 Å². The molecule has 0 radical (unpaired) electrons. The Kier molecular flexibility index (Phi) is 4.91. The summed E-state index contributed by atoms with van der Waals surface area (Å²) in [7, 11) is 0. The Balaban J connectivity index is 2.19. The average molecular weight is 325 g/mol. The lowest BCUT2D eigenvalue weighted by atomic mass is 9.99. The van der Waals surface area contributed by atoms with E-state index in [-0.39, 0.29) is 0 Å². The molecule has 1 aromatic carbocycles. The first kappa shape index (κ1) is 14.9. The van der Waals surface area contributed by atoms with E-state index in [1.54, 1.807) is 0 Å². The highest BCUT2D eigenvalue weighted by atomic mass is 79.9. The van der Waals surface area contributed by atoms with Gasteiger partial charge in [0.1, 0.15) is 0 Å². The van der Waals surface area contributed by atoms with Crippen molar-refractivity contribution in [2.24, 2.45) is 5.92 Å². The molecule has 0 bridgehead atoms. The normalized spacial score (nSPS) is 24.0. The van der Waals surface area contributed by atoms with Crippen LogP contribution in [0.25, 0.3) is 0 Å². The van der Waals surface area contributed by atoms with Crippen LogP contribution in [0.1, 0.15) is 32.8 Å². The Hall–Kier alpha value is -0.540. The minimum Gasteiger partial charge on any atom is -0.365 e. The molecule has 2 unspecified atom stereocenters. The van der Waals surface area contributed by atoms with Gasteiger partial charge in [0, 0.05) is 29.6 Å². The first-order chi connectivity index (χ1) is 8.99. The molecular weight excluding hydrogens is 300 g/mol. The Morgan fingerprint density at radius 1 is 1.42 bits per heavy atom. The first-order valence-electron chi connectivity index (χ1n) is 7.24. The lowest BCUT2D eigenvalue weighted by Crippen LogP contribution is -2.56. The van der Waals surface area contributed by atoms with Crippen molar-refractivity contribution in [3.05, 3.63) is 28.2 Å². The number of benzene rings is 1. The average Bonchev–Trinajstić information content (AvgIpc) is 2.35. The van der Waals surface area contributed by atoms with Crippen LogP contribution in [0.2, 0.25) is 0 Å². The number of hydrogen-bond donors (Lipinski definition) is 1. The summed E-state index contributed by atoms with van der Waals surface area (Å²) in [5, 5.41) is 3.68.